The maximum Gasteiger partial charge on any atom is 0.268 e. The SMILES string of the molecule is CCCCCCC/C=C\C/C=C\C/C=C\CCCCCCCCCCCCCCCCCCCCC(=O)NC(COP(=O)([O-])OCC[N+](C)(C)C)C(O)/C=C/CC/C=C/CCCCCCCCCCCC. The number of phosphoric acid groups is 1. The Hall–Kier alpha value is -1.80. The van der Waals surface area contributed by atoms with Gasteiger partial charge in [-0.3, -0.25) is 9.36 Å². The first-order valence-corrected chi connectivity index (χ1v) is 31.6. The second kappa shape index (κ2) is 53.0. The molecule has 0 saturated carbocycles. The average molecular weight is 1020 g/mol. The summed E-state index contributed by atoms with van der Waals surface area (Å²) in [6.45, 7) is 4.63. The molecule has 0 aliphatic heterocycles. The largest absolute Gasteiger partial charge is 0.756 e. The third kappa shape index (κ3) is 55.8. The van der Waals surface area contributed by atoms with Crippen molar-refractivity contribution >= 4 is 13.7 Å². The highest BCUT2D eigenvalue weighted by Gasteiger charge is 2.23. The summed E-state index contributed by atoms with van der Waals surface area (Å²) in [6, 6.07) is -0.904. The molecule has 0 aromatic carbocycles. The van der Waals surface area contributed by atoms with Crippen molar-refractivity contribution in [1.29, 1.82) is 0 Å². The number of carbonyl (C=O) groups excluding carboxylic acids is 1. The minimum absolute atomic E-state index is 0.00666. The molecule has 3 unspecified atom stereocenters. The number of hydrogen-bond acceptors (Lipinski definition) is 6. The number of nitrogens with zero attached hydrogens (tertiary/aromatic N) is 1. The van der Waals surface area contributed by atoms with Crippen LogP contribution in [0.4, 0.5) is 0 Å². The molecule has 0 aliphatic carbocycles. The van der Waals surface area contributed by atoms with E-state index in [1.165, 1.54) is 205 Å². The lowest BCUT2D eigenvalue weighted by Gasteiger charge is -2.29. The summed E-state index contributed by atoms with van der Waals surface area (Å²) in [4.78, 5) is 25.5. The normalized spacial score (nSPS) is 14.3. The van der Waals surface area contributed by atoms with Crippen LogP contribution >= 0.6 is 7.82 Å². The van der Waals surface area contributed by atoms with E-state index in [1.54, 1.807) is 6.08 Å². The number of likely N-dealkylation sites (N-methyl/N-ethyl adjacent to an activating group) is 1. The van der Waals surface area contributed by atoms with Crippen molar-refractivity contribution < 1.29 is 32.9 Å². The van der Waals surface area contributed by atoms with Crippen LogP contribution in [-0.2, 0) is 18.4 Å². The Labute approximate surface area is 441 Å². The smallest absolute Gasteiger partial charge is 0.268 e. The minimum Gasteiger partial charge on any atom is -0.756 e. The highest BCUT2D eigenvalue weighted by atomic mass is 31.2. The molecule has 0 saturated heterocycles. The highest BCUT2D eigenvalue weighted by molar-refractivity contribution is 7.45. The van der Waals surface area contributed by atoms with E-state index in [4.69, 9.17) is 9.05 Å². The number of allylic oxidation sites excluding steroid dienone is 9. The van der Waals surface area contributed by atoms with Crippen molar-refractivity contribution in [2.45, 2.75) is 289 Å². The summed E-state index contributed by atoms with van der Waals surface area (Å²) in [5.74, 6) is -0.205. The molecule has 0 aromatic heterocycles. The summed E-state index contributed by atoms with van der Waals surface area (Å²) in [5.41, 5.74) is 0. The predicted octanol–water partition coefficient (Wildman–Crippen LogP) is 17.9. The number of phosphoric ester groups is 1. The fourth-order valence-electron chi connectivity index (χ4n) is 8.71. The van der Waals surface area contributed by atoms with E-state index in [0.29, 0.717) is 17.4 Å². The Morgan fingerprint density at radius 3 is 1.24 bits per heavy atom. The molecule has 0 aliphatic rings. The number of unbranched alkanes of at least 4 members (excludes halogenated alkanes) is 34. The molecule has 0 bridgehead atoms. The quantitative estimate of drug-likeness (QED) is 0.0272. The van der Waals surface area contributed by atoms with Gasteiger partial charge in [0.25, 0.3) is 7.82 Å². The van der Waals surface area contributed by atoms with Crippen molar-refractivity contribution in [3.63, 3.8) is 0 Å². The van der Waals surface area contributed by atoms with Crippen LogP contribution in [0.15, 0.2) is 60.8 Å². The molecule has 416 valence electrons. The van der Waals surface area contributed by atoms with Crippen molar-refractivity contribution in [3.8, 4) is 0 Å². The summed E-state index contributed by atoms with van der Waals surface area (Å²) < 4.78 is 23.3. The number of carbonyl (C=O) groups is 1. The number of hydrogen-bond donors (Lipinski definition) is 2. The number of aliphatic hydroxyl groups excluding tert-OH is 1. The topological polar surface area (TPSA) is 108 Å². The monoisotopic (exact) mass is 1020 g/mol. The van der Waals surface area contributed by atoms with Crippen LogP contribution in [0.2, 0.25) is 0 Å². The van der Waals surface area contributed by atoms with Crippen molar-refractivity contribution in [1.82, 2.24) is 5.32 Å². The number of amides is 1. The second-order valence-electron chi connectivity index (χ2n) is 21.7. The van der Waals surface area contributed by atoms with Crippen molar-refractivity contribution in [2.24, 2.45) is 0 Å². The molecule has 9 heteroatoms. The molecule has 0 aromatic rings. The molecule has 8 nitrogen and oxygen atoms in total. The van der Waals surface area contributed by atoms with Crippen LogP contribution in [0.25, 0.3) is 0 Å². The zero-order chi connectivity index (χ0) is 52.0. The Bertz CT molecular complexity index is 1340. The van der Waals surface area contributed by atoms with Crippen molar-refractivity contribution in [2.75, 3.05) is 40.9 Å². The van der Waals surface area contributed by atoms with Crippen LogP contribution in [0.3, 0.4) is 0 Å². The van der Waals surface area contributed by atoms with Gasteiger partial charge in [-0.2, -0.15) is 0 Å². The Kier molecular flexibility index (Phi) is 51.7. The molecule has 0 rings (SSSR count). The van der Waals surface area contributed by atoms with Gasteiger partial charge in [-0.05, 0) is 70.6 Å². The molecule has 2 N–H and O–H groups in total. The maximum atomic E-state index is 13.0. The highest BCUT2D eigenvalue weighted by Crippen LogP contribution is 2.38. The number of aliphatic hydroxyl groups is 1. The van der Waals surface area contributed by atoms with Gasteiger partial charge < -0.3 is 28.8 Å². The van der Waals surface area contributed by atoms with Gasteiger partial charge in [-0.25, -0.2) is 0 Å². The maximum absolute atomic E-state index is 13.0. The van der Waals surface area contributed by atoms with E-state index >= 15 is 0 Å². The number of quaternary nitrogens is 1. The first-order chi connectivity index (χ1) is 34.5. The lowest BCUT2D eigenvalue weighted by Crippen LogP contribution is -2.45. The first kappa shape index (κ1) is 69.2. The second-order valence-corrected chi connectivity index (χ2v) is 23.1. The summed E-state index contributed by atoms with van der Waals surface area (Å²) in [7, 11) is 1.25. The molecule has 0 spiro atoms. The van der Waals surface area contributed by atoms with Gasteiger partial charge >= 0.3 is 0 Å². The van der Waals surface area contributed by atoms with E-state index in [-0.39, 0.29) is 12.5 Å². The molecular weight excluding hydrogens is 900 g/mol. The van der Waals surface area contributed by atoms with Crippen LogP contribution < -0.4 is 10.2 Å². The third-order valence-electron chi connectivity index (χ3n) is 13.4. The fraction of sp³-hybridized carbons (Fsp3) is 0.823. The van der Waals surface area contributed by atoms with Gasteiger partial charge in [0, 0.05) is 6.42 Å². The summed E-state index contributed by atoms with van der Waals surface area (Å²) in [6.07, 6.45) is 71.7. The van der Waals surface area contributed by atoms with Gasteiger partial charge in [-0.15, -0.1) is 0 Å². The number of nitrogens with one attached hydrogen (secondary N) is 1. The lowest BCUT2D eigenvalue weighted by atomic mass is 10.0. The van der Waals surface area contributed by atoms with Gasteiger partial charge in [-0.1, -0.05) is 261 Å². The summed E-state index contributed by atoms with van der Waals surface area (Å²) >= 11 is 0. The van der Waals surface area contributed by atoms with E-state index in [0.717, 1.165) is 51.4 Å². The third-order valence-corrected chi connectivity index (χ3v) is 14.4. The van der Waals surface area contributed by atoms with Crippen LogP contribution in [0, 0.1) is 0 Å². The Balaban J connectivity index is 4.08. The molecule has 71 heavy (non-hydrogen) atoms. The molecular formula is C62H117N2O6P. The Morgan fingerprint density at radius 2 is 0.831 bits per heavy atom. The van der Waals surface area contributed by atoms with Gasteiger partial charge in [0.15, 0.2) is 0 Å². The van der Waals surface area contributed by atoms with Gasteiger partial charge in [0.05, 0.1) is 39.9 Å². The molecule has 0 radical (unpaired) electrons. The van der Waals surface area contributed by atoms with E-state index in [1.807, 2.05) is 27.2 Å². The molecule has 0 fully saturated rings. The number of rotatable bonds is 55. The van der Waals surface area contributed by atoms with E-state index in [2.05, 4.69) is 67.8 Å². The minimum atomic E-state index is -4.60. The summed E-state index contributed by atoms with van der Waals surface area (Å²) in [5, 5.41) is 13.9. The van der Waals surface area contributed by atoms with Crippen LogP contribution in [0.5, 0.6) is 0 Å². The molecule has 1 amide bonds. The van der Waals surface area contributed by atoms with E-state index < -0.39 is 26.6 Å². The zero-order valence-corrected chi connectivity index (χ0v) is 48.3. The fourth-order valence-corrected chi connectivity index (χ4v) is 9.43. The van der Waals surface area contributed by atoms with Gasteiger partial charge in [0.1, 0.15) is 13.2 Å². The van der Waals surface area contributed by atoms with Gasteiger partial charge in [0.2, 0.25) is 5.91 Å². The molecule has 0 heterocycles. The zero-order valence-electron chi connectivity index (χ0n) is 47.4. The standard InChI is InChI=1S/C62H117N2O6P/c1-6-8-10-12-14-16-18-20-22-24-25-26-27-28-29-30-31-32-33-34-35-36-37-38-39-40-42-44-46-48-50-52-54-56-62(66)63-60(59-70-71(67,68)69-58-57-64(3,4)5)61(65)55-53-51-49-47-45-43-41-23-21-19-17-15-13-11-9-7-2/h18,20,24-25,27-28,45,47,53,55,60-61,65H,6-17,19,21-23,26,29-44,46,48-52,54,56-59H2,1-5H3,(H-,63,66,67,68)/b20-18-,25-24-,28-27-,47-45+,55-53+. The molecule has 3 atom stereocenters. The van der Waals surface area contributed by atoms with Crippen LogP contribution in [0.1, 0.15) is 277 Å². The van der Waals surface area contributed by atoms with Crippen molar-refractivity contribution in [3.05, 3.63) is 60.8 Å². The van der Waals surface area contributed by atoms with E-state index in [9.17, 15) is 19.4 Å². The Morgan fingerprint density at radius 1 is 0.493 bits per heavy atom. The predicted molar refractivity (Wildman–Crippen MR) is 307 cm³/mol. The lowest BCUT2D eigenvalue weighted by molar-refractivity contribution is -0.870. The average Bonchev–Trinajstić information content (AvgIpc) is 3.33. The van der Waals surface area contributed by atoms with Crippen LogP contribution in [-0.4, -0.2) is 68.5 Å². The first-order valence-electron chi connectivity index (χ1n) is 30.2.